The summed E-state index contributed by atoms with van der Waals surface area (Å²) in [5.74, 6) is 1.89. The van der Waals surface area contributed by atoms with E-state index < -0.39 is 0 Å². The predicted molar refractivity (Wildman–Crippen MR) is 113 cm³/mol. The summed E-state index contributed by atoms with van der Waals surface area (Å²) in [6.45, 7) is 8.24. The quantitative estimate of drug-likeness (QED) is 0.235. The van der Waals surface area contributed by atoms with Crippen LogP contribution in [-0.4, -0.2) is 40.5 Å². The fourth-order valence-corrected chi connectivity index (χ4v) is 2.53. The van der Waals surface area contributed by atoms with E-state index in [4.69, 9.17) is 4.99 Å². The Bertz CT molecular complexity index is 677. The van der Waals surface area contributed by atoms with Crippen molar-refractivity contribution in [1.82, 2.24) is 19.8 Å². The Hall–Kier alpha value is -1.57. The fraction of sp³-hybridized carbons (Fsp3) is 0.444. The molecule has 132 valence electrons. The van der Waals surface area contributed by atoms with Crippen molar-refractivity contribution in [1.29, 1.82) is 0 Å². The van der Waals surface area contributed by atoms with Crippen LogP contribution < -0.4 is 5.32 Å². The monoisotopic (exact) mass is 441 g/mol. The summed E-state index contributed by atoms with van der Waals surface area (Å²) in [7, 11) is 4.11. The van der Waals surface area contributed by atoms with Gasteiger partial charge in [-0.15, -0.1) is 30.6 Å². The lowest BCUT2D eigenvalue weighted by Crippen LogP contribution is -2.39. The van der Waals surface area contributed by atoms with Gasteiger partial charge in [-0.25, -0.2) is 9.98 Å². The van der Waals surface area contributed by atoms with Crippen LogP contribution in [-0.2, 0) is 13.6 Å². The van der Waals surface area contributed by atoms with Crippen molar-refractivity contribution < 1.29 is 0 Å². The Morgan fingerprint density at radius 1 is 1.42 bits per heavy atom. The first-order valence-corrected chi connectivity index (χ1v) is 8.18. The number of nitrogens with zero attached hydrogens (tertiary/aromatic N) is 4. The van der Waals surface area contributed by atoms with E-state index in [1.54, 1.807) is 0 Å². The zero-order valence-corrected chi connectivity index (χ0v) is 17.2. The molecule has 0 aliphatic heterocycles. The number of fused-ring (bicyclic) bond motifs is 1. The van der Waals surface area contributed by atoms with E-state index in [0.29, 0.717) is 6.54 Å². The van der Waals surface area contributed by atoms with Crippen LogP contribution in [0.5, 0.6) is 0 Å². The maximum absolute atomic E-state index is 4.74. The molecule has 0 atom stereocenters. The Morgan fingerprint density at radius 2 is 2.17 bits per heavy atom. The lowest BCUT2D eigenvalue weighted by molar-refractivity contribution is 0.469. The lowest BCUT2D eigenvalue weighted by Gasteiger charge is -2.21. The van der Waals surface area contributed by atoms with Gasteiger partial charge in [0.1, 0.15) is 12.4 Å². The summed E-state index contributed by atoms with van der Waals surface area (Å²) >= 11 is 0. The molecule has 0 saturated heterocycles. The molecule has 2 aromatic rings. The average Bonchev–Trinajstić information content (AvgIpc) is 2.88. The first kappa shape index (κ1) is 20.5. The molecule has 0 amide bonds. The number of unbranched alkanes of at least 4 members (excludes halogenated alkanes) is 1. The molecule has 0 saturated carbocycles. The molecule has 0 unspecified atom stereocenters. The second-order valence-corrected chi connectivity index (χ2v) is 5.60. The number of rotatable bonds is 7. The molecule has 0 aliphatic carbocycles. The molecule has 24 heavy (non-hydrogen) atoms. The molecule has 5 nitrogen and oxygen atoms in total. The molecule has 1 aromatic carbocycles. The number of hydrogen-bond acceptors (Lipinski definition) is 2. The first-order chi connectivity index (χ1) is 11.2. The molecule has 2 rings (SSSR count). The average molecular weight is 441 g/mol. The summed E-state index contributed by atoms with van der Waals surface area (Å²) in [6, 6.07) is 8.17. The third kappa shape index (κ3) is 5.22. The van der Waals surface area contributed by atoms with E-state index in [-0.39, 0.29) is 24.0 Å². The number of para-hydroxylation sites is 2. The summed E-state index contributed by atoms with van der Waals surface area (Å²) in [5, 5.41) is 3.35. The van der Waals surface area contributed by atoms with Gasteiger partial charge in [-0.05, 0) is 31.9 Å². The van der Waals surface area contributed by atoms with Crippen LogP contribution in [0.4, 0.5) is 0 Å². The van der Waals surface area contributed by atoms with Crippen molar-refractivity contribution >= 4 is 41.0 Å². The van der Waals surface area contributed by atoms with E-state index in [0.717, 1.165) is 48.7 Å². The van der Waals surface area contributed by atoms with Crippen molar-refractivity contribution in [2.45, 2.75) is 26.3 Å². The van der Waals surface area contributed by atoms with Crippen LogP contribution in [0, 0.1) is 0 Å². The number of aliphatic imine (C=N–C) groups is 1. The van der Waals surface area contributed by atoms with Crippen LogP contribution >= 0.6 is 24.0 Å². The van der Waals surface area contributed by atoms with Gasteiger partial charge in [0, 0.05) is 27.2 Å². The van der Waals surface area contributed by atoms with Gasteiger partial charge in [0.15, 0.2) is 5.96 Å². The maximum atomic E-state index is 4.74. The van der Waals surface area contributed by atoms with Gasteiger partial charge < -0.3 is 14.8 Å². The minimum Gasteiger partial charge on any atom is -0.357 e. The highest BCUT2D eigenvalue weighted by Crippen LogP contribution is 2.14. The number of halogens is 1. The third-order valence-corrected chi connectivity index (χ3v) is 3.85. The Kier molecular flexibility index (Phi) is 8.81. The molecule has 0 fully saturated rings. The number of imidazole rings is 1. The number of benzene rings is 1. The molecule has 0 aliphatic rings. The molecule has 6 heteroatoms. The largest absolute Gasteiger partial charge is 0.357 e. The van der Waals surface area contributed by atoms with Gasteiger partial charge in [0.05, 0.1) is 11.0 Å². The molecule has 1 N–H and O–H groups in total. The van der Waals surface area contributed by atoms with E-state index in [1.165, 1.54) is 0 Å². The van der Waals surface area contributed by atoms with Crippen LogP contribution in [0.1, 0.15) is 25.6 Å². The topological polar surface area (TPSA) is 45.5 Å². The van der Waals surface area contributed by atoms with Crippen molar-refractivity contribution in [2.75, 3.05) is 20.1 Å². The third-order valence-electron chi connectivity index (χ3n) is 3.85. The Morgan fingerprint density at radius 3 is 2.83 bits per heavy atom. The molecular formula is C18H28IN5. The van der Waals surface area contributed by atoms with Crippen molar-refractivity contribution in [3.8, 4) is 0 Å². The van der Waals surface area contributed by atoms with Crippen molar-refractivity contribution in [3.05, 3.63) is 42.7 Å². The summed E-state index contributed by atoms with van der Waals surface area (Å²) in [4.78, 5) is 11.6. The van der Waals surface area contributed by atoms with Gasteiger partial charge in [-0.3, -0.25) is 0 Å². The summed E-state index contributed by atoms with van der Waals surface area (Å²) in [5.41, 5.74) is 2.16. The van der Waals surface area contributed by atoms with Crippen LogP contribution in [0.3, 0.4) is 0 Å². The van der Waals surface area contributed by atoms with Gasteiger partial charge in [-0.1, -0.05) is 18.2 Å². The maximum Gasteiger partial charge on any atom is 0.194 e. The van der Waals surface area contributed by atoms with Crippen LogP contribution in [0.25, 0.3) is 11.0 Å². The number of guanidine groups is 1. The standard InChI is InChI=1S/C18H27N5.HI/c1-5-7-10-13-22(3)18(19-6-2)20-14-17-21-15-11-8-9-12-16(15)23(17)4;/h5,8-9,11-12H,1,6-7,10,13-14H2,2-4H3,(H,19,20);1H. The zero-order chi connectivity index (χ0) is 16.7. The Labute approximate surface area is 161 Å². The van der Waals surface area contributed by atoms with Gasteiger partial charge in [-0.2, -0.15) is 0 Å². The SMILES string of the molecule is C=CCCCN(C)C(=NCc1nc2ccccc2n1C)NCC.I. The number of nitrogens with one attached hydrogen (secondary N) is 1. The summed E-state index contributed by atoms with van der Waals surface area (Å²) < 4.78 is 2.11. The summed E-state index contributed by atoms with van der Waals surface area (Å²) in [6.07, 6.45) is 4.06. The second kappa shape index (κ2) is 10.3. The smallest absolute Gasteiger partial charge is 0.194 e. The van der Waals surface area contributed by atoms with Crippen molar-refractivity contribution in [3.63, 3.8) is 0 Å². The van der Waals surface area contributed by atoms with E-state index >= 15 is 0 Å². The highest BCUT2D eigenvalue weighted by atomic mass is 127. The fourth-order valence-electron chi connectivity index (χ4n) is 2.53. The van der Waals surface area contributed by atoms with Gasteiger partial charge >= 0.3 is 0 Å². The van der Waals surface area contributed by atoms with E-state index in [9.17, 15) is 0 Å². The molecule has 0 spiro atoms. The highest BCUT2D eigenvalue weighted by Gasteiger charge is 2.09. The van der Waals surface area contributed by atoms with Gasteiger partial charge in [0.25, 0.3) is 0 Å². The lowest BCUT2D eigenvalue weighted by atomic mass is 10.3. The highest BCUT2D eigenvalue weighted by molar-refractivity contribution is 14.0. The number of allylic oxidation sites excluding steroid dienone is 1. The van der Waals surface area contributed by atoms with Crippen LogP contribution in [0.2, 0.25) is 0 Å². The van der Waals surface area contributed by atoms with Gasteiger partial charge in [0.2, 0.25) is 0 Å². The van der Waals surface area contributed by atoms with E-state index in [2.05, 4.69) is 46.4 Å². The molecule has 0 bridgehead atoms. The number of aryl methyl sites for hydroxylation is 1. The molecule has 1 aromatic heterocycles. The number of aromatic nitrogens is 2. The molecular weight excluding hydrogens is 413 g/mol. The normalized spacial score (nSPS) is 11.2. The van der Waals surface area contributed by atoms with Crippen molar-refractivity contribution in [2.24, 2.45) is 12.0 Å². The minimum atomic E-state index is 0. The number of hydrogen-bond donors (Lipinski definition) is 1. The second-order valence-electron chi connectivity index (χ2n) is 5.60. The Balaban J connectivity index is 0.00000288. The van der Waals surface area contributed by atoms with Crippen LogP contribution in [0.15, 0.2) is 41.9 Å². The molecule has 0 radical (unpaired) electrons. The zero-order valence-electron chi connectivity index (χ0n) is 14.8. The minimum absolute atomic E-state index is 0. The molecule has 1 heterocycles. The predicted octanol–water partition coefficient (Wildman–Crippen LogP) is 3.55. The first-order valence-electron chi connectivity index (χ1n) is 8.18. The van der Waals surface area contributed by atoms with E-state index in [1.807, 2.05) is 31.3 Å².